The number of ether oxygens (including phenoxy) is 2. The lowest BCUT2D eigenvalue weighted by Gasteiger charge is -2.31. The number of nitrogens with zero attached hydrogens (tertiary/aromatic N) is 3. The Hall–Kier alpha value is -1.89. The van der Waals surface area contributed by atoms with Crippen LogP contribution >= 0.6 is 0 Å². The highest BCUT2D eigenvalue weighted by Crippen LogP contribution is 2.19. The minimum atomic E-state index is -0.961. The molecule has 0 aromatic carbocycles. The Morgan fingerprint density at radius 2 is 2.39 bits per heavy atom. The topological polar surface area (TPSA) is 84.8 Å². The molecular weight excluding hydrogens is 238 g/mol. The molecule has 0 radical (unpaired) electrons. The second-order valence-corrected chi connectivity index (χ2v) is 3.96. The molecule has 2 rings (SSSR count). The van der Waals surface area contributed by atoms with Crippen LogP contribution in [0.4, 0.5) is 5.82 Å². The molecular formula is C11H15N3O4. The average Bonchev–Trinajstić information content (AvgIpc) is 2.38. The third kappa shape index (κ3) is 2.67. The second kappa shape index (κ2) is 5.18. The van der Waals surface area contributed by atoms with Gasteiger partial charge in [0, 0.05) is 12.6 Å². The number of hydrogen-bond acceptors (Lipinski definition) is 6. The molecule has 0 spiro atoms. The van der Waals surface area contributed by atoms with E-state index in [-0.39, 0.29) is 6.54 Å². The van der Waals surface area contributed by atoms with Crippen LogP contribution in [-0.2, 0) is 9.53 Å². The van der Waals surface area contributed by atoms with Gasteiger partial charge in [-0.2, -0.15) is 4.98 Å². The zero-order chi connectivity index (χ0) is 13.1. The number of methoxy groups -OCH3 is 1. The summed E-state index contributed by atoms with van der Waals surface area (Å²) in [7, 11) is 1.53. The van der Waals surface area contributed by atoms with E-state index >= 15 is 0 Å². The molecule has 1 fully saturated rings. The van der Waals surface area contributed by atoms with Gasteiger partial charge in [0.2, 0.25) is 5.88 Å². The predicted octanol–water partition coefficient (Wildman–Crippen LogP) is 0.0834. The molecule has 1 saturated heterocycles. The number of rotatable bonds is 3. The van der Waals surface area contributed by atoms with Gasteiger partial charge < -0.3 is 19.5 Å². The fraction of sp³-hybridized carbons (Fsp3) is 0.545. The Balaban J connectivity index is 2.20. The molecule has 7 nitrogen and oxygen atoms in total. The van der Waals surface area contributed by atoms with Crippen molar-refractivity contribution in [2.24, 2.45) is 0 Å². The standard InChI is InChI=1S/C11H15N3O4/c1-7-12-9(5-10(13-7)17-2)14-3-4-18-8(6-14)11(15)16/h5,8H,3-4,6H2,1-2H3,(H,15,16). The van der Waals surface area contributed by atoms with Crippen molar-refractivity contribution in [2.45, 2.75) is 13.0 Å². The number of hydrogen-bond donors (Lipinski definition) is 1. The first kappa shape index (κ1) is 12.6. The van der Waals surface area contributed by atoms with Gasteiger partial charge in [-0.05, 0) is 6.92 Å². The van der Waals surface area contributed by atoms with Crippen LogP contribution in [0, 0.1) is 6.92 Å². The maximum absolute atomic E-state index is 10.9. The van der Waals surface area contributed by atoms with E-state index in [1.165, 1.54) is 7.11 Å². The Bertz CT molecular complexity index is 452. The number of aromatic nitrogens is 2. The van der Waals surface area contributed by atoms with E-state index < -0.39 is 12.1 Å². The summed E-state index contributed by atoms with van der Waals surface area (Å²) < 4.78 is 10.2. The van der Waals surface area contributed by atoms with Crippen LogP contribution in [0.25, 0.3) is 0 Å². The SMILES string of the molecule is COc1cc(N2CCOC(C(=O)O)C2)nc(C)n1. The highest BCUT2D eigenvalue weighted by atomic mass is 16.5. The Kier molecular flexibility index (Phi) is 3.61. The smallest absolute Gasteiger partial charge is 0.334 e. The molecule has 7 heteroatoms. The molecule has 0 bridgehead atoms. The van der Waals surface area contributed by atoms with Crippen LogP contribution in [-0.4, -0.2) is 54.0 Å². The highest BCUT2D eigenvalue weighted by molar-refractivity contribution is 5.73. The molecule has 98 valence electrons. The minimum absolute atomic E-state index is 0.273. The van der Waals surface area contributed by atoms with Crippen molar-refractivity contribution in [1.82, 2.24) is 9.97 Å². The molecule has 1 aromatic rings. The van der Waals surface area contributed by atoms with E-state index in [0.29, 0.717) is 30.7 Å². The van der Waals surface area contributed by atoms with Gasteiger partial charge in [-0.15, -0.1) is 0 Å². The van der Waals surface area contributed by atoms with Gasteiger partial charge in [0.15, 0.2) is 6.10 Å². The van der Waals surface area contributed by atoms with Gasteiger partial charge in [0.1, 0.15) is 11.6 Å². The van der Waals surface area contributed by atoms with Gasteiger partial charge in [-0.25, -0.2) is 9.78 Å². The summed E-state index contributed by atoms with van der Waals surface area (Å²) in [4.78, 5) is 21.2. The van der Waals surface area contributed by atoms with Crippen LogP contribution < -0.4 is 9.64 Å². The summed E-state index contributed by atoms with van der Waals surface area (Å²) in [6.45, 7) is 3.00. The van der Waals surface area contributed by atoms with Crippen LogP contribution in [0.2, 0.25) is 0 Å². The Labute approximate surface area is 104 Å². The first-order valence-corrected chi connectivity index (χ1v) is 5.59. The first-order chi connectivity index (χ1) is 8.60. The summed E-state index contributed by atoms with van der Waals surface area (Å²) in [5, 5.41) is 8.95. The van der Waals surface area contributed by atoms with Crippen molar-refractivity contribution >= 4 is 11.8 Å². The molecule has 1 unspecified atom stereocenters. The molecule has 1 atom stereocenters. The maximum atomic E-state index is 10.9. The quantitative estimate of drug-likeness (QED) is 0.816. The third-order valence-electron chi connectivity index (χ3n) is 2.68. The average molecular weight is 253 g/mol. The molecule has 0 amide bonds. The van der Waals surface area contributed by atoms with Crippen LogP contribution in [0.5, 0.6) is 5.88 Å². The summed E-state index contributed by atoms with van der Waals surface area (Å²) in [6.07, 6.45) is -0.819. The summed E-state index contributed by atoms with van der Waals surface area (Å²) >= 11 is 0. The molecule has 18 heavy (non-hydrogen) atoms. The van der Waals surface area contributed by atoms with Crippen LogP contribution in [0.15, 0.2) is 6.07 Å². The van der Waals surface area contributed by atoms with Gasteiger partial charge in [0.05, 0.1) is 20.3 Å². The van der Waals surface area contributed by atoms with Crippen LogP contribution in [0.3, 0.4) is 0 Å². The number of carboxylic acids is 1. The monoisotopic (exact) mass is 253 g/mol. The number of aryl methyl sites for hydroxylation is 1. The normalized spacial score (nSPS) is 19.7. The van der Waals surface area contributed by atoms with E-state index in [1.54, 1.807) is 13.0 Å². The zero-order valence-corrected chi connectivity index (χ0v) is 10.3. The number of anilines is 1. The molecule has 1 N–H and O–H groups in total. The fourth-order valence-corrected chi connectivity index (χ4v) is 1.80. The largest absolute Gasteiger partial charge is 0.481 e. The van der Waals surface area contributed by atoms with Gasteiger partial charge in [-0.1, -0.05) is 0 Å². The van der Waals surface area contributed by atoms with Crippen molar-refractivity contribution in [3.8, 4) is 5.88 Å². The molecule has 1 aliphatic rings. The van der Waals surface area contributed by atoms with Gasteiger partial charge >= 0.3 is 5.97 Å². The first-order valence-electron chi connectivity index (χ1n) is 5.59. The zero-order valence-electron chi connectivity index (χ0n) is 10.3. The lowest BCUT2D eigenvalue weighted by atomic mass is 10.2. The second-order valence-electron chi connectivity index (χ2n) is 3.96. The van der Waals surface area contributed by atoms with Crippen LogP contribution in [0.1, 0.15) is 5.82 Å². The van der Waals surface area contributed by atoms with Crippen molar-refractivity contribution < 1.29 is 19.4 Å². The fourth-order valence-electron chi connectivity index (χ4n) is 1.80. The lowest BCUT2D eigenvalue weighted by molar-refractivity contribution is -0.150. The Morgan fingerprint density at radius 3 is 3.06 bits per heavy atom. The molecule has 1 aromatic heterocycles. The van der Waals surface area contributed by atoms with E-state index in [9.17, 15) is 4.79 Å². The van der Waals surface area contributed by atoms with E-state index in [1.807, 2.05) is 4.90 Å². The van der Waals surface area contributed by atoms with E-state index in [0.717, 1.165) is 0 Å². The van der Waals surface area contributed by atoms with Crippen molar-refractivity contribution in [1.29, 1.82) is 0 Å². The summed E-state index contributed by atoms with van der Waals surface area (Å²) in [5.41, 5.74) is 0. The molecule has 0 saturated carbocycles. The number of aliphatic carboxylic acids is 1. The Morgan fingerprint density at radius 1 is 1.61 bits per heavy atom. The summed E-state index contributed by atoms with van der Waals surface area (Å²) in [6, 6.07) is 1.69. The number of carbonyl (C=O) groups is 1. The van der Waals surface area contributed by atoms with Crippen molar-refractivity contribution in [3.05, 3.63) is 11.9 Å². The molecule has 2 heterocycles. The van der Waals surface area contributed by atoms with Crippen molar-refractivity contribution in [3.63, 3.8) is 0 Å². The van der Waals surface area contributed by atoms with E-state index in [2.05, 4.69) is 9.97 Å². The number of morpholine rings is 1. The predicted molar refractivity (Wildman–Crippen MR) is 62.9 cm³/mol. The van der Waals surface area contributed by atoms with Gasteiger partial charge in [0.25, 0.3) is 0 Å². The lowest BCUT2D eigenvalue weighted by Crippen LogP contribution is -2.46. The highest BCUT2D eigenvalue weighted by Gasteiger charge is 2.27. The summed E-state index contributed by atoms with van der Waals surface area (Å²) in [5.74, 6) is 0.755. The maximum Gasteiger partial charge on any atom is 0.334 e. The number of carboxylic acid groups (broad SMARTS) is 1. The molecule has 0 aliphatic carbocycles. The van der Waals surface area contributed by atoms with E-state index in [4.69, 9.17) is 14.6 Å². The van der Waals surface area contributed by atoms with Gasteiger partial charge in [-0.3, -0.25) is 0 Å². The minimum Gasteiger partial charge on any atom is -0.481 e. The van der Waals surface area contributed by atoms with Crippen molar-refractivity contribution in [2.75, 3.05) is 31.7 Å². The third-order valence-corrected chi connectivity index (χ3v) is 2.68. The molecule has 1 aliphatic heterocycles.